The van der Waals surface area contributed by atoms with E-state index in [1.165, 1.54) is 23.7 Å². The van der Waals surface area contributed by atoms with E-state index in [1.807, 2.05) is 0 Å². The monoisotopic (exact) mass is 191 g/mol. The van der Waals surface area contributed by atoms with Crippen LogP contribution in [0.1, 0.15) is 16.2 Å². The van der Waals surface area contributed by atoms with Gasteiger partial charge in [-0.15, -0.1) is 0 Å². The van der Waals surface area contributed by atoms with Crippen LogP contribution in [0.5, 0.6) is 0 Å². The van der Waals surface area contributed by atoms with Crippen LogP contribution in [0, 0.1) is 6.92 Å². The van der Waals surface area contributed by atoms with E-state index in [2.05, 4.69) is 0 Å². The highest BCUT2D eigenvalue weighted by molar-refractivity contribution is 5.99. The minimum Gasteiger partial charge on any atom is -0.345 e. The van der Waals surface area contributed by atoms with Gasteiger partial charge in [-0.2, -0.15) is 13.2 Å². The van der Waals surface area contributed by atoms with Crippen LogP contribution in [0.3, 0.4) is 0 Å². The zero-order valence-electron chi connectivity index (χ0n) is 7.14. The molecule has 1 rings (SSSR count). The van der Waals surface area contributed by atoms with Gasteiger partial charge in [-0.25, -0.2) is 0 Å². The average Bonchev–Trinajstić information content (AvgIpc) is 2.30. The summed E-state index contributed by atoms with van der Waals surface area (Å²) in [6.07, 6.45) is -4.79. The first-order chi connectivity index (χ1) is 5.84. The molecule has 0 aliphatic rings. The predicted octanol–water partition coefficient (Wildman–Crippen LogP) is 2.08. The third-order valence-electron chi connectivity index (χ3n) is 1.86. The standard InChI is InChI=1S/C8H8F3NO/c1-5-3-4-6(12(5)2)7(13)8(9,10)11/h3-4H,1-2H3. The number of hydrogen-bond acceptors (Lipinski definition) is 1. The van der Waals surface area contributed by atoms with Gasteiger partial charge in [0.05, 0.1) is 5.69 Å². The number of halogens is 3. The van der Waals surface area contributed by atoms with E-state index in [-0.39, 0.29) is 5.69 Å². The van der Waals surface area contributed by atoms with Gasteiger partial charge >= 0.3 is 6.18 Å². The maximum atomic E-state index is 12.0. The van der Waals surface area contributed by atoms with Crippen LogP contribution < -0.4 is 0 Å². The van der Waals surface area contributed by atoms with Gasteiger partial charge in [0, 0.05) is 12.7 Å². The Morgan fingerprint density at radius 1 is 1.38 bits per heavy atom. The highest BCUT2D eigenvalue weighted by atomic mass is 19.4. The number of carbonyl (C=O) groups excluding carboxylic acids is 1. The van der Waals surface area contributed by atoms with Crippen LogP contribution in [0.25, 0.3) is 0 Å². The van der Waals surface area contributed by atoms with Crippen LogP contribution in [0.15, 0.2) is 12.1 Å². The van der Waals surface area contributed by atoms with Crippen LogP contribution >= 0.6 is 0 Å². The Hall–Kier alpha value is -1.26. The van der Waals surface area contributed by atoms with E-state index in [4.69, 9.17) is 0 Å². The van der Waals surface area contributed by atoms with Crippen LogP contribution in [0.2, 0.25) is 0 Å². The van der Waals surface area contributed by atoms with Gasteiger partial charge in [-0.05, 0) is 19.1 Å². The Morgan fingerprint density at radius 3 is 2.23 bits per heavy atom. The van der Waals surface area contributed by atoms with E-state index in [0.29, 0.717) is 5.69 Å². The fraction of sp³-hybridized carbons (Fsp3) is 0.375. The average molecular weight is 191 g/mol. The Kier molecular flexibility index (Phi) is 2.19. The summed E-state index contributed by atoms with van der Waals surface area (Å²) < 4.78 is 37.1. The summed E-state index contributed by atoms with van der Waals surface area (Å²) in [5.74, 6) is -1.80. The second-order valence-corrected chi connectivity index (χ2v) is 2.75. The molecule has 0 aliphatic carbocycles. The number of Topliss-reactive ketones (excluding diaryl/α,β-unsaturated/α-hetero) is 1. The lowest BCUT2D eigenvalue weighted by Gasteiger charge is -2.06. The smallest absolute Gasteiger partial charge is 0.345 e. The molecule has 0 unspecified atom stereocenters. The first-order valence-corrected chi connectivity index (χ1v) is 3.58. The zero-order valence-corrected chi connectivity index (χ0v) is 7.14. The molecule has 0 aliphatic heterocycles. The van der Waals surface area contributed by atoms with Gasteiger partial charge < -0.3 is 4.57 Å². The Balaban J connectivity index is 3.10. The molecular weight excluding hydrogens is 183 g/mol. The van der Waals surface area contributed by atoms with Crippen molar-refractivity contribution < 1.29 is 18.0 Å². The fourth-order valence-electron chi connectivity index (χ4n) is 0.986. The first kappa shape index (κ1) is 9.83. The SMILES string of the molecule is Cc1ccc(C(=O)C(F)(F)F)n1C. The summed E-state index contributed by atoms with van der Waals surface area (Å²) in [6.45, 7) is 1.63. The molecule has 0 bridgehead atoms. The summed E-state index contributed by atoms with van der Waals surface area (Å²) in [4.78, 5) is 10.8. The molecule has 0 N–H and O–H groups in total. The summed E-state index contributed by atoms with van der Waals surface area (Å²) in [5.41, 5.74) is 0.289. The van der Waals surface area contributed by atoms with Crippen molar-refractivity contribution in [2.75, 3.05) is 0 Å². The first-order valence-electron chi connectivity index (χ1n) is 3.58. The number of ketones is 1. The molecule has 1 aromatic heterocycles. The van der Waals surface area contributed by atoms with Gasteiger partial charge in [0.25, 0.3) is 5.78 Å². The second kappa shape index (κ2) is 2.90. The number of hydrogen-bond donors (Lipinski definition) is 0. The number of carbonyl (C=O) groups is 1. The maximum Gasteiger partial charge on any atom is 0.456 e. The van der Waals surface area contributed by atoms with Gasteiger partial charge in [0.1, 0.15) is 0 Å². The molecule has 0 atom stereocenters. The molecular formula is C8H8F3NO. The quantitative estimate of drug-likeness (QED) is 0.623. The Bertz CT molecular complexity index is 338. The highest BCUT2D eigenvalue weighted by Gasteiger charge is 2.40. The fourth-order valence-corrected chi connectivity index (χ4v) is 0.986. The molecule has 1 aromatic rings. The second-order valence-electron chi connectivity index (χ2n) is 2.75. The number of aromatic nitrogens is 1. The molecule has 0 aromatic carbocycles. The number of alkyl halides is 3. The summed E-state index contributed by atoms with van der Waals surface area (Å²) >= 11 is 0. The minimum absolute atomic E-state index is 0.329. The molecule has 0 saturated carbocycles. The van der Waals surface area contributed by atoms with Crippen molar-refractivity contribution in [3.05, 3.63) is 23.5 Å². The summed E-state index contributed by atoms with van der Waals surface area (Å²) in [6, 6.07) is 2.64. The van der Waals surface area contributed by atoms with Gasteiger partial charge in [0.2, 0.25) is 0 Å². The highest BCUT2D eigenvalue weighted by Crippen LogP contribution is 2.22. The van der Waals surface area contributed by atoms with Crippen molar-refractivity contribution in [1.29, 1.82) is 0 Å². The summed E-state index contributed by atoms with van der Waals surface area (Å²) in [7, 11) is 1.42. The molecule has 0 fully saturated rings. The molecule has 5 heteroatoms. The zero-order chi connectivity index (χ0) is 10.2. The third kappa shape index (κ3) is 1.74. The van der Waals surface area contributed by atoms with Crippen LogP contribution in [-0.4, -0.2) is 16.5 Å². The molecule has 13 heavy (non-hydrogen) atoms. The third-order valence-corrected chi connectivity index (χ3v) is 1.86. The predicted molar refractivity (Wildman–Crippen MR) is 40.5 cm³/mol. The molecule has 0 amide bonds. The van der Waals surface area contributed by atoms with Crippen LogP contribution in [-0.2, 0) is 7.05 Å². The molecule has 0 saturated heterocycles. The molecule has 0 radical (unpaired) electrons. The molecule has 0 spiro atoms. The largest absolute Gasteiger partial charge is 0.456 e. The summed E-state index contributed by atoms with van der Waals surface area (Å²) in [5, 5.41) is 0. The Morgan fingerprint density at radius 2 is 1.92 bits per heavy atom. The van der Waals surface area contributed by atoms with Gasteiger partial charge in [-0.3, -0.25) is 4.79 Å². The maximum absolute atomic E-state index is 12.0. The lowest BCUT2D eigenvalue weighted by Crippen LogP contribution is -2.25. The van der Waals surface area contributed by atoms with E-state index in [9.17, 15) is 18.0 Å². The van der Waals surface area contributed by atoms with Crippen LogP contribution in [0.4, 0.5) is 13.2 Å². The molecule has 2 nitrogen and oxygen atoms in total. The topological polar surface area (TPSA) is 22.0 Å². The van der Waals surface area contributed by atoms with Crippen molar-refractivity contribution in [2.45, 2.75) is 13.1 Å². The number of nitrogens with zero attached hydrogens (tertiary/aromatic N) is 1. The minimum atomic E-state index is -4.79. The van der Waals surface area contributed by atoms with Gasteiger partial charge in [0.15, 0.2) is 0 Å². The lowest BCUT2D eigenvalue weighted by molar-refractivity contribution is -0.0890. The molecule has 72 valence electrons. The van der Waals surface area contributed by atoms with Crippen molar-refractivity contribution in [3.8, 4) is 0 Å². The van der Waals surface area contributed by atoms with Crippen molar-refractivity contribution in [3.63, 3.8) is 0 Å². The van der Waals surface area contributed by atoms with E-state index < -0.39 is 12.0 Å². The number of rotatable bonds is 1. The lowest BCUT2D eigenvalue weighted by atomic mass is 10.3. The van der Waals surface area contributed by atoms with Crippen molar-refractivity contribution >= 4 is 5.78 Å². The van der Waals surface area contributed by atoms with Crippen molar-refractivity contribution in [2.24, 2.45) is 7.05 Å². The molecule has 1 heterocycles. The number of aryl methyl sites for hydroxylation is 1. The Labute approximate surface area is 73.0 Å². The van der Waals surface area contributed by atoms with Crippen molar-refractivity contribution in [1.82, 2.24) is 4.57 Å². The normalized spacial score (nSPS) is 11.8. The van der Waals surface area contributed by atoms with E-state index in [0.717, 1.165) is 0 Å². The van der Waals surface area contributed by atoms with E-state index in [1.54, 1.807) is 6.92 Å². The van der Waals surface area contributed by atoms with E-state index >= 15 is 0 Å². The van der Waals surface area contributed by atoms with Gasteiger partial charge in [-0.1, -0.05) is 0 Å².